The molecule has 62 heavy (non-hydrogen) atoms. The fraction of sp³-hybridized carbons (Fsp3) is 0.0508. The van der Waals surface area contributed by atoms with Crippen LogP contribution in [0.15, 0.2) is 239 Å². The van der Waals surface area contributed by atoms with Gasteiger partial charge in [0.15, 0.2) is 0 Å². The third-order valence-corrected chi connectivity index (χ3v) is 14.1. The molecule has 2 nitrogen and oxygen atoms in total. The molecular formula is C59H41NOS. The molecule has 3 heteroatoms. The molecule has 0 bridgehead atoms. The Balaban J connectivity index is 0.990. The molecule has 0 radical (unpaired) electrons. The average molecular weight is 812 g/mol. The maximum absolute atomic E-state index is 6.50. The van der Waals surface area contributed by atoms with Crippen LogP contribution in [0.1, 0.15) is 46.1 Å². The van der Waals surface area contributed by atoms with Crippen molar-refractivity contribution >= 4 is 55.7 Å². The monoisotopic (exact) mass is 811 g/mol. The van der Waals surface area contributed by atoms with Gasteiger partial charge in [-0.1, -0.05) is 182 Å². The SMILES string of the molecule is c1ccc(-c2ccc(-c3ccc(N(c4ccc5c(c4)C(c4ccccc4)C4=C5Sc5ccccc5C(c5ccccc5)C4)c4ccc5c(c4)oc4ccccc45)cc3)cc2)cc1. The van der Waals surface area contributed by atoms with Crippen LogP contribution >= 0.6 is 11.8 Å². The summed E-state index contributed by atoms with van der Waals surface area (Å²) in [5, 5.41) is 2.25. The van der Waals surface area contributed by atoms with Crippen LogP contribution in [0.3, 0.4) is 0 Å². The van der Waals surface area contributed by atoms with E-state index in [9.17, 15) is 0 Å². The van der Waals surface area contributed by atoms with Crippen molar-refractivity contribution in [3.63, 3.8) is 0 Å². The second-order valence-corrected chi connectivity index (χ2v) is 17.4. The Labute approximate surface area is 366 Å². The Morgan fingerprint density at radius 2 is 0.968 bits per heavy atom. The number of para-hydroxylation sites is 1. The van der Waals surface area contributed by atoms with Gasteiger partial charge in [-0.3, -0.25) is 0 Å². The number of hydrogen-bond donors (Lipinski definition) is 0. The van der Waals surface area contributed by atoms with E-state index in [1.54, 1.807) is 0 Å². The standard InChI is InChI=1S/C59H41NOS/c1-4-14-39(15-5-1)40-24-26-41(27-25-40)42-28-30-45(31-29-42)60(47-32-34-49-48-20-10-12-22-55(48)61-56(49)37-47)46-33-35-51-53(36-46)58(44-18-8-3-9-19-44)54-38-52(43-16-6-2-7-17-43)50-21-11-13-23-57(50)62-59(51)54/h1-37,52,58H,38H2. The highest BCUT2D eigenvalue weighted by Crippen LogP contribution is 2.59. The number of benzene rings is 9. The summed E-state index contributed by atoms with van der Waals surface area (Å²) in [7, 11) is 0. The molecule has 1 aliphatic heterocycles. The number of furan rings is 1. The highest BCUT2D eigenvalue weighted by molar-refractivity contribution is 8.08. The first kappa shape index (κ1) is 36.5. The van der Waals surface area contributed by atoms with Crippen molar-refractivity contribution in [3.05, 3.63) is 258 Å². The van der Waals surface area contributed by atoms with Crippen LogP contribution < -0.4 is 4.90 Å². The van der Waals surface area contributed by atoms with Gasteiger partial charge < -0.3 is 9.32 Å². The van der Waals surface area contributed by atoms with Crippen molar-refractivity contribution in [3.8, 4) is 22.3 Å². The quantitative estimate of drug-likeness (QED) is 0.160. The molecular weight excluding hydrogens is 771 g/mol. The highest BCUT2D eigenvalue weighted by atomic mass is 32.2. The van der Waals surface area contributed by atoms with Crippen molar-refractivity contribution in [1.82, 2.24) is 0 Å². The van der Waals surface area contributed by atoms with Crippen LogP contribution in [-0.2, 0) is 0 Å². The number of thioether (sulfide) groups is 1. The zero-order valence-electron chi connectivity index (χ0n) is 34.0. The van der Waals surface area contributed by atoms with E-state index in [-0.39, 0.29) is 11.8 Å². The normalized spacial score (nSPS) is 15.5. The van der Waals surface area contributed by atoms with Crippen molar-refractivity contribution in [1.29, 1.82) is 0 Å². The second kappa shape index (κ2) is 15.3. The van der Waals surface area contributed by atoms with Crippen LogP contribution in [0.2, 0.25) is 0 Å². The summed E-state index contributed by atoms with van der Waals surface area (Å²) in [6.07, 6.45) is 0.952. The first-order chi connectivity index (χ1) is 30.7. The van der Waals surface area contributed by atoms with Crippen LogP contribution in [0.25, 0.3) is 49.1 Å². The molecule has 2 unspecified atom stereocenters. The fourth-order valence-corrected chi connectivity index (χ4v) is 11.2. The van der Waals surface area contributed by atoms with E-state index >= 15 is 0 Å². The van der Waals surface area contributed by atoms with Gasteiger partial charge in [-0.25, -0.2) is 0 Å². The average Bonchev–Trinajstić information content (AvgIpc) is 3.80. The zero-order chi connectivity index (χ0) is 41.0. The largest absolute Gasteiger partial charge is 0.456 e. The van der Waals surface area contributed by atoms with Gasteiger partial charge >= 0.3 is 0 Å². The molecule has 9 aromatic carbocycles. The summed E-state index contributed by atoms with van der Waals surface area (Å²) in [5.74, 6) is 0.377. The van der Waals surface area contributed by atoms with Crippen LogP contribution in [0.5, 0.6) is 0 Å². The van der Waals surface area contributed by atoms with Crippen LogP contribution in [0, 0.1) is 0 Å². The van der Waals surface area contributed by atoms with Crippen molar-refractivity contribution in [2.45, 2.75) is 23.2 Å². The third-order valence-electron chi connectivity index (χ3n) is 12.8. The molecule has 10 aromatic rings. The minimum atomic E-state index is 0.120. The summed E-state index contributed by atoms with van der Waals surface area (Å²) >= 11 is 1.95. The number of allylic oxidation sites excluding steroid dienone is 1. The van der Waals surface area contributed by atoms with Crippen LogP contribution in [0.4, 0.5) is 17.1 Å². The van der Waals surface area contributed by atoms with Gasteiger partial charge in [0.2, 0.25) is 0 Å². The summed E-state index contributed by atoms with van der Waals surface area (Å²) in [5.41, 5.74) is 18.1. The van der Waals surface area contributed by atoms with E-state index in [1.807, 2.05) is 17.8 Å². The van der Waals surface area contributed by atoms with Gasteiger partial charge in [-0.05, 0) is 111 Å². The van der Waals surface area contributed by atoms with E-state index in [1.165, 1.54) is 65.4 Å². The Bertz CT molecular complexity index is 3280. The topological polar surface area (TPSA) is 16.4 Å². The fourth-order valence-electron chi connectivity index (χ4n) is 9.86. The third kappa shape index (κ3) is 6.36. The Kier molecular flexibility index (Phi) is 9.01. The lowest BCUT2D eigenvalue weighted by Crippen LogP contribution is -2.12. The molecule has 0 N–H and O–H groups in total. The minimum absolute atomic E-state index is 0.120. The van der Waals surface area contributed by atoms with Gasteiger partial charge in [0.1, 0.15) is 11.2 Å². The molecule has 0 spiro atoms. The lowest BCUT2D eigenvalue weighted by molar-refractivity contribution is 0.669. The predicted molar refractivity (Wildman–Crippen MR) is 260 cm³/mol. The highest BCUT2D eigenvalue weighted by Gasteiger charge is 2.38. The van der Waals surface area contributed by atoms with Crippen molar-refractivity contribution in [2.75, 3.05) is 4.90 Å². The summed E-state index contributed by atoms with van der Waals surface area (Å²) < 4.78 is 6.50. The summed E-state index contributed by atoms with van der Waals surface area (Å²) in [6, 6.07) is 81.9. The molecule has 0 saturated carbocycles. The second-order valence-electron chi connectivity index (χ2n) is 16.4. The molecule has 0 saturated heterocycles. The van der Waals surface area contributed by atoms with E-state index in [2.05, 4.69) is 223 Å². The molecule has 2 atom stereocenters. The zero-order valence-corrected chi connectivity index (χ0v) is 34.8. The molecule has 294 valence electrons. The first-order valence-corrected chi connectivity index (χ1v) is 22.3. The molecule has 2 heterocycles. The maximum atomic E-state index is 6.50. The van der Waals surface area contributed by atoms with E-state index in [0.29, 0.717) is 0 Å². The number of rotatable bonds is 7. The van der Waals surface area contributed by atoms with Gasteiger partial charge in [0, 0.05) is 55.5 Å². The minimum Gasteiger partial charge on any atom is -0.456 e. The molecule has 1 aromatic heterocycles. The van der Waals surface area contributed by atoms with Gasteiger partial charge in [-0.2, -0.15) is 0 Å². The van der Waals surface area contributed by atoms with Crippen molar-refractivity contribution in [2.24, 2.45) is 0 Å². The van der Waals surface area contributed by atoms with Gasteiger partial charge in [0.05, 0.1) is 0 Å². The maximum Gasteiger partial charge on any atom is 0.137 e. The molecule has 12 rings (SSSR count). The van der Waals surface area contributed by atoms with Crippen LogP contribution in [-0.4, -0.2) is 0 Å². The smallest absolute Gasteiger partial charge is 0.137 e. The Hall–Kier alpha value is -7.33. The van der Waals surface area contributed by atoms with Gasteiger partial charge in [-0.15, -0.1) is 0 Å². The van der Waals surface area contributed by atoms with E-state index in [4.69, 9.17) is 4.42 Å². The number of fused-ring (bicyclic) bond motifs is 6. The van der Waals surface area contributed by atoms with E-state index < -0.39 is 0 Å². The molecule has 0 amide bonds. The Morgan fingerprint density at radius 1 is 0.419 bits per heavy atom. The summed E-state index contributed by atoms with van der Waals surface area (Å²) in [6.45, 7) is 0. The Morgan fingerprint density at radius 3 is 1.71 bits per heavy atom. The summed E-state index contributed by atoms with van der Waals surface area (Å²) in [4.78, 5) is 5.13. The number of hydrogen-bond acceptors (Lipinski definition) is 3. The molecule has 0 fully saturated rings. The number of nitrogens with zero attached hydrogens (tertiary/aromatic N) is 1. The van der Waals surface area contributed by atoms with E-state index in [0.717, 1.165) is 45.4 Å². The van der Waals surface area contributed by atoms with Gasteiger partial charge in [0.25, 0.3) is 0 Å². The molecule has 1 aliphatic carbocycles. The lowest BCUT2D eigenvalue weighted by Gasteiger charge is -2.28. The first-order valence-electron chi connectivity index (χ1n) is 21.4. The molecule has 2 aliphatic rings. The lowest BCUT2D eigenvalue weighted by atomic mass is 9.80. The predicted octanol–water partition coefficient (Wildman–Crippen LogP) is 16.6. The number of anilines is 3. The van der Waals surface area contributed by atoms with Crippen molar-refractivity contribution < 1.29 is 4.42 Å².